The lowest BCUT2D eigenvalue weighted by molar-refractivity contribution is -0.385. The van der Waals surface area contributed by atoms with Crippen molar-refractivity contribution in [2.75, 3.05) is 20.2 Å². The fourth-order valence-electron chi connectivity index (χ4n) is 2.18. The zero-order valence-electron chi connectivity index (χ0n) is 11.1. The molecule has 1 aromatic rings. The van der Waals surface area contributed by atoms with Crippen LogP contribution in [-0.2, 0) is 0 Å². The molecule has 0 amide bonds. The number of nitro benzene ring substituents is 1. The Bertz CT molecular complexity index is 464. The van der Waals surface area contributed by atoms with Crippen LogP contribution in [0.4, 0.5) is 5.69 Å². The molecule has 2 unspecified atom stereocenters. The molecule has 0 bridgehead atoms. The number of nitrogens with one attached hydrogen (secondary N) is 1. The Balaban J connectivity index is 2.14. The van der Waals surface area contributed by atoms with Crippen molar-refractivity contribution in [1.82, 2.24) is 5.32 Å². The van der Waals surface area contributed by atoms with Crippen molar-refractivity contribution in [3.63, 3.8) is 0 Å². The molecular weight excluding hydrogens is 248 g/mol. The molecule has 1 aliphatic heterocycles. The van der Waals surface area contributed by atoms with E-state index < -0.39 is 4.92 Å². The topological polar surface area (TPSA) is 73.6 Å². The second-order valence-electron chi connectivity index (χ2n) is 4.72. The van der Waals surface area contributed by atoms with Gasteiger partial charge in [0, 0.05) is 18.7 Å². The molecule has 0 saturated carbocycles. The Morgan fingerprint density at radius 3 is 2.89 bits per heavy atom. The van der Waals surface area contributed by atoms with Gasteiger partial charge in [0.15, 0.2) is 0 Å². The van der Waals surface area contributed by atoms with Gasteiger partial charge in [0.2, 0.25) is 5.75 Å². The summed E-state index contributed by atoms with van der Waals surface area (Å²) >= 11 is 0. The molecule has 1 fully saturated rings. The quantitative estimate of drug-likeness (QED) is 0.666. The summed E-state index contributed by atoms with van der Waals surface area (Å²) in [5.74, 6) is 1.28. The third-order valence-corrected chi connectivity index (χ3v) is 3.39. The van der Waals surface area contributed by atoms with Gasteiger partial charge in [-0.05, 0) is 24.9 Å². The minimum absolute atomic E-state index is 0.0512. The Labute approximate surface area is 111 Å². The van der Waals surface area contributed by atoms with Crippen LogP contribution in [0.2, 0.25) is 0 Å². The lowest BCUT2D eigenvalue weighted by Crippen LogP contribution is -2.42. The normalized spacial score (nSPS) is 22.8. The van der Waals surface area contributed by atoms with E-state index in [0.717, 1.165) is 19.5 Å². The first-order valence-corrected chi connectivity index (χ1v) is 6.31. The van der Waals surface area contributed by atoms with Crippen molar-refractivity contribution in [3.8, 4) is 11.5 Å². The van der Waals surface area contributed by atoms with Crippen LogP contribution in [0, 0.1) is 16.0 Å². The average molecular weight is 266 g/mol. The maximum Gasteiger partial charge on any atom is 0.311 e. The molecule has 1 N–H and O–H groups in total. The van der Waals surface area contributed by atoms with E-state index in [0.29, 0.717) is 11.7 Å². The van der Waals surface area contributed by atoms with Gasteiger partial charge in [-0.15, -0.1) is 0 Å². The highest BCUT2D eigenvalue weighted by Gasteiger charge is 2.23. The molecule has 6 nitrogen and oxygen atoms in total. The van der Waals surface area contributed by atoms with Crippen LogP contribution in [0.3, 0.4) is 0 Å². The van der Waals surface area contributed by atoms with E-state index in [9.17, 15) is 10.1 Å². The number of nitro groups is 1. The highest BCUT2D eigenvalue weighted by atomic mass is 16.6. The summed E-state index contributed by atoms with van der Waals surface area (Å²) < 4.78 is 10.9. The van der Waals surface area contributed by atoms with Gasteiger partial charge in [0.05, 0.1) is 12.0 Å². The molecule has 1 saturated heterocycles. The Morgan fingerprint density at radius 1 is 1.47 bits per heavy atom. The third kappa shape index (κ3) is 3.14. The fraction of sp³-hybridized carbons (Fsp3) is 0.538. The van der Waals surface area contributed by atoms with Crippen LogP contribution in [0.5, 0.6) is 11.5 Å². The highest BCUT2D eigenvalue weighted by Crippen LogP contribution is 2.32. The summed E-state index contributed by atoms with van der Waals surface area (Å²) in [7, 11) is 1.41. The van der Waals surface area contributed by atoms with Crippen molar-refractivity contribution in [2.24, 2.45) is 5.92 Å². The van der Waals surface area contributed by atoms with Crippen LogP contribution in [-0.4, -0.2) is 31.2 Å². The van der Waals surface area contributed by atoms with E-state index in [1.807, 2.05) is 0 Å². The molecule has 0 aliphatic carbocycles. The molecule has 6 heteroatoms. The Morgan fingerprint density at radius 2 is 2.26 bits per heavy atom. The first-order chi connectivity index (χ1) is 9.11. The predicted octanol–water partition coefficient (Wildman–Crippen LogP) is 1.98. The molecule has 1 aliphatic rings. The lowest BCUT2D eigenvalue weighted by Gasteiger charge is -2.30. The molecule has 0 radical (unpaired) electrons. The Hall–Kier alpha value is -1.82. The van der Waals surface area contributed by atoms with Crippen molar-refractivity contribution in [2.45, 2.75) is 19.4 Å². The Kier molecular flexibility index (Phi) is 4.21. The van der Waals surface area contributed by atoms with Gasteiger partial charge in [-0.2, -0.15) is 0 Å². The zero-order chi connectivity index (χ0) is 13.8. The van der Waals surface area contributed by atoms with Gasteiger partial charge in [-0.1, -0.05) is 6.92 Å². The summed E-state index contributed by atoms with van der Waals surface area (Å²) in [5, 5.41) is 14.1. The van der Waals surface area contributed by atoms with Crippen molar-refractivity contribution >= 4 is 5.69 Å². The monoisotopic (exact) mass is 266 g/mol. The number of nitrogens with zero attached hydrogens (tertiary/aromatic N) is 1. The minimum Gasteiger partial charge on any atom is -0.490 e. The molecule has 1 heterocycles. The smallest absolute Gasteiger partial charge is 0.311 e. The molecule has 0 aromatic heterocycles. The molecular formula is C13H18N2O4. The average Bonchev–Trinajstić information content (AvgIpc) is 2.41. The van der Waals surface area contributed by atoms with Crippen LogP contribution >= 0.6 is 0 Å². The van der Waals surface area contributed by atoms with Gasteiger partial charge >= 0.3 is 5.69 Å². The predicted molar refractivity (Wildman–Crippen MR) is 70.7 cm³/mol. The first kappa shape index (κ1) is 13.6. The highest BCUT2D eigenvalue weighted by molar-refractivity contribution is 5.50. The summed E-state index contributed by atoms with van der Waals surface area (Å²) in [6.07, 6.45) is 1.15. The lowest BCUT2D eigenvalue weighted by atomic mass is 9.97. The number of benzene rings is 1. The van der Waals surface area contributed by atoms with E-state index in [1.165, 1.54) is 13.2 Å². The maximum absolute atomic E-state index is 10.8. The van der Waals surface area contributed by atoms with Gasteiger partial charge in [0.25, 0.3) is 0 Å². The minimum atomic E-state index is -0.465. The summed E-state index contributed by atoms with van der Waals surface area (Å²) in [4.78, 5) is 10.3. The van der Waals surface area contributed by atoms with Crippen LogP contribution in [0.1, 0.15) is 13.3 Å². The van der Waals surface area contributed by atoms with Crippen molar-refractivity contribution < 1.29 is 14.4 Å². The second-order valence-corrected chi connectivity index (χ2v) is 4.72. The largest absolute Gasteiger partial charge is 0.490 e. The number of hydrogen-bond donors (Lipinski definition) is 1. The number of hydrogen-bond acceptors (Lipinski definition) is 5. The molecule has 0 spiro atoms. The first-order valence-electron chi connectivity index (χ1n) is 6.31. The SMILES string of the molecule is COc1cc(OC2CNCCC2C)ccc1[N+](=O)[O-]. The summed E-state index contributed by atoms with van der Waals surface area (Å²) in [5.41, 5.74) is -0.0512. The van der Waals surface area contributed by atoms with Crippen LogP contribution in [0.25, 0.3) is 0 Å². The van der Waals surface area contributed by atoms with Gasteiger partial charge < -0.3 is 14.8 Å². The number of piperidine rings is 1. The number of rotatable bonds is 4. The van der Waals surface area contributed by atoms with E-state index in [2.05, 4.69) is 12.2 Å². The van der Waals surface area contributed by atoms with Gasteiger partial charge in [-0.3, -0.25) is 10.1 Å². The van der Waals surface area contributed by atoms with E-state index in [4.69, 9.17) is 9.47 Å². The van der Waals surface area contributed by atoms with Gasteiger partial charge in [-0.25, -0.2) is 0 Å². The van der Waals surface area contributed by atoms with E-state index in [1.54, 1.807) is 12.1 Å². The standard InChI is InChI=1S/C13H18N2O4/c1-9-5-6-14-8-13(9)19-10-3-4-11(15(16)17)12(7-10)18-2/h3-4,7,9,13-14H,5-6,8H2,1-2H3. The third-order valence-electron chi connectivity index (χ3n) is 3.39. The number of ether oxygens (including phenoxy) is 2. The maximum atomic E-state index is 10.8. The molecule has 1 aromatic carbocycles. The summed E-state index contributed by atoms with van der Waals surface area (Å²) in [6.45, 7) is 3.94. The van der Waals surface area contributed by atoms with Crippen molar-refractivity contribution in [1.29, 1.82) is 0 Å². The molecule has 19 heavy (non-hydrogen) atoms. The molecule has 2 atom stereocenters. The molecule has 104 valence electrons. The van der Waals surface area contributed by atoms with Gasteiger partial charge in [0.1, 0.15) is 11.9 Å². The number of methoxy groups -OCH3 is 1. The van der Waals surface area contributed by atoms with Crippen LogP contribution < -0.4 is 14.8 Å². The summed E-state index contributed by atoms with van der Waals surface area (Å²) in [6, 6.07) is 4.59. The zero-order valence-corrected chi connectivity index (χ0v) is 11.1. The molecule has 2 rings (SSSR count). The second kappa shape index (κ2) is 5.88. The fourth-order valence-corrected chi connectivity index (χ4v) is 2.18. The van der Waals surface area contributed by atoms with Crippen molar-refractivity contribution in [3.05, 3.63) is 28.3 Å². The van der Waals surface area contributed by atoms with E-state index in [-0.39, 0.29) is 17.5 Å². The van der Waals surface area contributed by atoms with Crippen LogP contribution in [0.15, 0.2) is 18.2 Å². The van der Waals surface area contributed by atoms with E-state index >= 15 is 0 Å².